The van der Waals surface area contributed by atoms with E-state index in [2.05, 4.69) is 10.6 Å². The number of carbonyl (C=O) groups is 2. The number of urea groups is 1. The van der Waals surface area contributed by atoms with E-state index in [1.807, 2.05) is 27.7 Å². The zero-order chi connectivity index (χ0) is 13.4. The monoisotopic (exact) mass is 244 g/mol. The Hall–Kier alpha value is -1.26. The third-order valence-electron chi connectivity index (χ3n) is 2.74. The van der Waals surface area contributed by atoms with Gasteiger partial charge in [-0.1, -0.05) is 34.1 Å². The van der Waals surface area contributed by atoms with Crippen molar-refractivity contribution in [2.75, 3.05) is 0 Å². The maximum atomic E-state index is 11.6. The second-order valence-corrected chi connectivity index (χ2v) is 4.56. The van der Waals surface area contributed by atoms with Crippen molar-refractivity contribution >= 4 is 12.0 Å². The fourth-order valence-electron chi connectivity index (χ4n) is 1.65. The highest BCUT2D eigenvalue weighted by Crippen LogP contribution is 2.05. The van der Waals surface area contributed by atoms with Crippen molar-refractivity contribution in [1.29, 1.82) is 0 Å². The highest BCUT2D eigenvalue weighted by atomic mass is 16.4. The summed E-state index contributed by atoms with van der Waals surface area (Å²) in [5.74, 6) is -0.653. The van der Waals surface area contributed by atoms with Gasteiger partial charge in [-0.05, 0) is 18.8 Å². The van der Waals surface area contributed by atoms with Crippen LogP contribution in [0.4, 0.5) is 4.79 Å². The molecule has 0 rings (SSSR count). The lowest BCUT2D eigenvalue weighted by Crippen LogP contribution is -2.50. The summed E-state index contributed by atoms with van der Waals surface area (Å²) >= 11 is 0. The molecule has 0 heterocycles. The number of amides is 2. The second-order valence-electron chi connectivity index (χ2n) is 4.56. The largest absolute Gasteiger partial charge is 0.480 e. The summed E-state index contributed by atoms with van der Waals surface area (Å²) in [5.41, 5.74) is 0. The molecule has 2 atom stereocenters. The number of hydrogen-bond acceptors (Lipinski definition) is 2. The maximum absolute atomic E-state index is 11.6. The van der Waals surface area contributed by atoms with E-state index in [-0.39, 0.29) is 6.04 Å². The molecule has 0 spiro atoms. The predicted molar refractivity (Wildman–Crippen MR) is 66.9 cm³/mol. The number of hydrogen-bond donors (Lipinski definition) is 3. The Morgan fingerprint density at radius 1 is 1.18 bits per heavy atom. The number of carboxylic acid groups (broad SMARTS) is 1. The molecule has 17 heavy (non-hydrogen) atoms. The van der Waals surface area contributed by atoms with Crippen LogP contribution in [0.1, 0.15) is 47.0 Å². The summed E-state index contributed by atoms with van der Waals surface area (Å²) in [5, 5.41) is 14.2. The molecule has 0 aromatic heterocycles. The minimum Gasteiger partial charge on any atom is -0.480 e. The van der Waals surface area contributed by atoms with E-state index in [0.29, 0.717) is 12.3 Å². The third kappa shape index (κ3) is 6.14. The Labute approximate surface area is 103 Å². The van der Waals surface area contributed by atoms with Gasteiger partial charge in [0.15, 0.2) is 0 Å². The van der Waals surface area contributed by atoms with Gasteiger partial charge < -0.3 is 15.7 Å². The minimum absolute atomic E-state index is 0.0751. The van der Waals surface area contributed by atoms with Crippen LogP contribution in [0.5, 0.6) is 0 Å². The van der Waals surface area contributed by atoms with Gasteiger partial charge in [0, 0.05) is 6.04 Å². The van der Waals surface area contributed by atoms with Crippen LogP contribution in [0.25, 0.3) is 0 Å². The third-order valence-corrected chi connectivity index (χ3v) is 2.74. The molecule has 0 aliphatic carbocycles. The first-order chi connectivity index (χ1) is 7.92. The normalized spacial score (nSPS) is 14.2. The van der Waals surface area contributed by atoms with Crippen molar-refractivity contribution in [3.05, 3.63) is 0 Å². The molecule has 0 aromatic rings. The smallest absolute Gasteiger partial charge is 0.326 e. The lowest BCUT2D eigenvalue weighted by molar-refractivity contribution is -0.139. The average molecular weight is 244 g/mol. The van der Waals surface area contributed by atoms with E-state index in [4.69, 9.17) is 5.11 Å². The summed E-state index contributed by atoms with van der Waals surface area (Å²) in [4.78, 5) is 22.5. The molecule has 0 saturated carbocycles. The van der Waals surface area contributed by atoms with Crippen molar-refractivity contribution in [2.45, 2.75) is 59.0 Å². The Morgan fingerprint density at radius 2 is 1.76 bits per heavy atom. The van der Waals surface area contributed by atoms with Crippen LogP contribution < -0.4 is 10.6 Å². The van der Waals surface area contributed by atoms with Gasteiger partial charge in [-0.2, -0.15) is 0 Å². The van der Waals surface area contributed by atoms with E-state index in [1.54, 1.807) is 0 Å². The zero-order valence-electron chi connectivity index (χ0n) is 11.1. The van der Waals surface area contributed by atoms with Gasteiger partial charge in [-0.25, -0.2) is 9.59 Å². The first-order valence-corrected chi connectivity index (χ1v) is 6.22. The molecule has 0 aromatic carbocycles. The highest BCUT2D eigenvalue weighted by molar-refractivity contribution is 5.82. The van der Waals surface area contributed by atoms with Crippen molar-refractivity contribution in [2.24, 2.45) is 5.92 Å². The topological polar surface area (TPSA) is 78.4 Å². The maximum Gasteiger partial charge on any atom is 0.326 e. The van der Waals surface area contributed by atoms with E-state index >= 15 is 0 Å². The zero-order valence-corrected chi connectivity index (χ0v) is 11.1. The van der Waals surface area contributed by atoms with Gasteiger partial charge in [0.05, 0.1) is 0 Å². The summed E-state index contributed by atoms with van der Waals surface area (Å²) < 4.78 is 0. The van der Waals surface area contributed by atoms with Crippen molar-refractivity contribution in [3.8, 4) is 0 Å². The van der Waals surface area contributed by atoms with Crippen LogP contribution in [0.3, 0.4) is 0 Å². The first kappa shape index (κ1) is 15.7. The van der Waals surface area contributed by atoms with Crippen LogP contribution >= 0.6 is 0 Å². The van der Waals surface area contributed by atoms with E-state index < -0.39 is 18.0 Å². The molecule has 0 bridgehead atoms. The molecule has 0 radical (unpaired) electrons. The molecular formula is C12H24N2O3. The average Bonchev–Trinajstić information content (AvgIpc) is 2.24. The Bertz CT molecular complexity index is 254. The first-order valence-electron chi connectivity index (χ1n) is 6.22. The van der Waals surface area contributed by atoms with Crippen LogP contribution in [-0.4, -0.2) is 29.2 Å². The van der Waals surface area contributed by atoms with Gasteiger partial charge in [0.25, 0.3) is 0 Å². The summed E-state index contributed by atoms with van der Waals surface area (Å²) in [6.07, 6.45) is 2.00. The number of aliphatic carboxylic acids is 1. The molecule has 0 saturated heterocycles. The van der Waals surface area contributed by atoms with E-state index in [9.17, 15) is 9.59 Å². The van der Waals surface area contributed by atoms with Crippen molar-refractivity contribution in [3.63, 3.8) is 0 Å². The number of rotatable bonds is 7. The van der Waals surface area contributed by atoms with Crippen molar-refractivity contribution in [1.82, 2.24) is 10.6 Å². The lowest BCUT2D eigenvalue weighted by Gasteiger charge is -2.22. The van der Waals surface area contributed by atoms with Gasteiger partial charge in [0.1, 0.15) is 6.04 Å². The number of carboxylic acids is 1. The lowest BCUT2D eigenvalue weighted by atomic mass is 10.0. The van der Waals surface area contributed by atoms with E-state index in [0.717, 1.165) is 12.8 Å². The van der Waals surface area contributed by atoms with Gasteiger partial charge in [-0.15, -0.1) is 0 Å². The Balaban J connectivity index is 4.26. The Kier molecular flexibility index (Phi) is 7.34. The number of nitrogens with one attached hydrogen (secondary N) is 2. The quantitative estimate of drug-likeness (QED) is 0.640. The summed E-state index contributed by atoms with van der Waals surface area (Å²) in [6, 6.07) is -1.12. The molecule has 5 nitrogen and oxygen atoms in total. The van der Waals surface area contributed by atoms with Gasteiger partial charge in [0.2, 0.25) is 0 Å². The standard InChI is InChI=1S/C12H24N2O3/c1-5-7-10(11(15)16)14-12(17)13-9(6-2)8(3)4/h8-10H,5-7H2,1-4H3,(H,15,16)(H2,13,14,17)/t9?,10-/m1/s1. The van der Waals surface area contributed by atoms with E-state index in [1.165, 1.54) is 0 Å². The fraction of sp³-hybridized carbons (Fsp3) is 0.833. The second kappa shape index (κ2) is 7.92. The summed E-state index contributed by atoms with van der Waals surface area (Å²) in [6.45, 7) is 7.93. The molecule has 0 aliphatic rings. The molecule has 0 fully saturated rings. The molecular weight excluding hydrogens is 220 g/mol. The SMILES string of the molecule is CCC[C@@H](NC(=O)NC(CC)C(C)C)C(=O)O. The Morgan fingerprint density at radius 3 is 2.12 bits per heavy atom. The van der Waals surface area contributed by atoms with Gasteiger partial charge >= 0.3 is 12.0 Å². The van der Waals surface area contributed by atoms with Crippen LogP contribution in [-0.2, 0) is 4.79 Å². The molecule has 100 valence electrons. The van der Waals surface area contributed by atoms with Crippen LogP contribution in [0.2, 0.25) is 0 Å². The molecule has 2 amide bonds. The van der Waals surface area contributed by atoms with Crippen LogP contribution in [0, 0.1) is 5.92 Å². The molecule has 5 heteroatoms. The highest BCUT2D eigenvalue weighted by Gasteiger charge is 2.20. The number of carbonyl (C=O) groups excluding carboxylic acids is 1. The minimum atomic E-state index is -0.986. The van der Waals surface area contributed by atoms with Crippen molar-refractivity contribution < 1.29 is 14.7 Å². The molecule has 0 aliphatic heterocycles. The molecule has 3 N–H and O–H groups in total. The van der Waals surface area contributed by atoms with Gasteiger partial charge in [-0.3, -0.25) is 0 Å². The molecule has 1 unspecified atom stereocenters. The fourth-order valence-corrected chi connectivity index (χ4v) is 1.65. The van der Waals surface area contributed by atoms with Crippen LogP contribution in [0.15, 0.2) is 0 Å². The predicted octanol–water partition coefficient (Wildman–Crippen LogP) is 1.97. The summed E-state index contributed by atoms with van der Waals surface area (Å²) in [7, 11) is 0.